The first kappa shape index (κ1) is 13.3. The first-order valence-corrected chi connectivity index (χ1v) is 5.41. The van der Waals surface area contributed by atoms with Crippen LogP contribution in [0.3, 0.4) is 0 Å². The Kier molecular flexibility index (Phi) is 3.18. The third-order valence-corrected chi connectivity index (χ3v) is 2.67. The van der Waals surface area contributed by atoms with E-state index < -0.39 is 23.4 Å². The fourth-order valence-corrected chi connectivity index (χ4v) is 1.93. The lowest BCUT2D eigenvalue weighted by molar-refractivity contribution is -0.142. The van der Waals surface area contributed by atoms with E-state index in [-0.39, 0.29) is 11.1 Å². The summed E-state index contributed by atoms with van der Waals surface area (Å²) in [5.74, 6) is -1.03. The summed E-state index contributed by atoms with van der Waals surface area (Å²) < 4.78 is 43.6. The third kappa shape index (κ3) is 2.25. The van der Waals surface area contributed by atoms with Crippen molar-refractivity contribution in [3.63, 3.8) is 0 Å². The zero-order chi connectivity index (χ0) is 14.2. The number of pyridine rings is 1. The van der Waals surface area contributed by atoms with Crippen LogP contribution in [0.4, 0.5) is 13.2 Å². The fraction of sp³-hybridized carbons (Fsp3) is 0.231. The van der Waals surface area contributed by atoms with Crippen LogP contribution in [0.2, 0.25) is 0 Å². The second kappa shape index (κ2) is 4.53. The number of hydrogen-bond donors (Lipinski definition) is 0. The maximum Gasteiger partial charge on any atom is 0.437 e. The molecule has 6 heteroatoms. The summed E-state index contributed by atoms with van der Waals surface area (Å²) in [6.07, 6.45) is -4.68. The van der Waals surface area contributed by atoms with Crippen molar-refractivity contribution in [2.24, 2.45) is 0 Å². The minimum atomic E-state index is -4.68. The number of Topliss-reactive ketones (excluding diaryl/α,β-unsaturated/α-hetero) is 1. The number of ketones is 1. The number of aromatic nitrogens is 1. The van der Waals surface area contributed by atoms with Crippen molar-refractivity contribution in [2.45, 2.75) is 13.1 Å². The van der Waals surface area contributed by atoms with E-state index in [9.17, 15) is 18.0 Å². The molecule has 0 aliphatic rings. The van der Waals surface area contributed by atoms with Gasteiger partial charge >= 0.3 is 6.18 Å². The number of benzene rings is 1. The van der Waals surface area contributed by atoms with Crippen molar-refractivity contribution < 1.29 is 22.7 Å². The summed E-state index contributed by atoms with van der Waals surface area (Å²) in [5, 5.41) is 0.347. The number of carbonyl (C=O) groups excluding carboxylic acids is 1. The molecule has 1 heterocycles. The van der Waals surface area contributed by atoms with Crippen LogP contribution in [0, 0.1) is 0 Å². The Morgan fingerprint density at radius 2 is 1.89 bits per heavy atom. The summed E-state index contributed by atoms with van der Waals surface area (Å²) >= 11 is 0. The predicted octanol–water partition coefficient (Wildman–Crippen LogP) is 3.46. The first-order chi connectivity index (χ1) is 8.86. The minimum Gasteiger partial charge on any atom is -0.494 e. The van der Waals surface area contributed by atoms with Crippen LogP contribution < -0.4 is 4.74 Å². The Balaban J connectivity index is 2.96. The van der Waals surface area contributed by atoms with Crippen LogP contribution in [0.1, 0.15) is 23.0 Å². The molecule has 1 aromatic carbocycles. The molecule has 0 N–H and O–H groups in total. The Bertz CT molecular complexity index is 650. The Morgan fingerprint density at radius 3 is 2.42 bits per heavy atom. The highest BCUT2D eigenvalue weighted by Gasteiger charge is 2.38. The molecular weight excluding hydrogens is 259 g/mol. The van der Waals surface area contributed by atoms with E-state index >= 15 is 0 Å². The maximum absolute atomic E-state index is 13.0. The summed E-state index contributed by atoms with van der Waals surface area (Å²) in [6, 6.07) is 6.16. The predicted molar refractivity (Wildman–Crippen MR) is 63.3 cm³/mol. The van der Waals surface area contributed by atoms with Crippen molar-refractivity contribution in [3.05, 3.63) is 35.5 Å². The molecule has 0 amide bonds. The Labute approximate surface area is 107 Å². The standard InChI is InChI=1S/C13H10F3NO2/c1-7(18)10-8-5-3-4-6-9(8)17-12(11(10)19-2)13(14,15)16/h3-6H,1-2H3. The molecule has 0 aliphatic carbocycles. The number of fused-ring (bicyclic) bond motifs is 1. The molecule has 0 aliphatic heterocycles. The zero-order valence-electron chi connectivity index (χ0n) is 10.2. The molecule has 0 atom stereocenters. The molecule has 0 bridgehead atoms. The van der Waals surface area contributed by atoms with Crippen LogP contribution >= 0.6 is 0 Å². The van der Waals surface area contributed by atoms with Crippen molar-refractivity contribution in [3.8, 4) is 5.75 Å². The maximum atomic E-state index is 13.0. The second-order valence-electron chi connectivity index (χ2n) is 3.94. The molecule has 0 spiro atoms. The highest BCUT2D eigenvalue weighted by molar-refractivity contribution is 6.08. The molecule has 0 radical (unpaired) electrons. The van der Waals surface area contributed by atoms with Gasteiger partial charge in [0, 0.05) is 5.39 Å². The van der Waals surface area contributed by atoms with Gasteiger partial charge in [-0.05, 0) is 13.0 Å². The highest BCUT2D eigenvalue weighted by atomic mass is 19.4. The number of rotatable bonds is 2. The number of carbonyl (C=O) groups is 1. The van der Waals surface area contributed by atoms with Gasteiger partial charge in [0.2, 0.25) is 0 Å². The number of nitrogens with zero attached hydrogens (tertiary/aromatic N) is 1. The number of ether oxygens (including phenoxy) is 1. The molecule has 2 aromatic rings. The van der Waals surface area contributed by atoms with E-state index in [2.05, 4.69) is 4.98 Å². The zero-order valence-corrected chi connectivity index (χ0v) is 10.2. The molecule has 1 aromatic heterocycles. The van der Waals surface area contributed by atoms with Gasteiger partial charge in [0.15, 0.2) is 17.2 Å². The highest BCUT2D eigenvalue weighted by Crippen LogP contribution is 2.39. The minimum absolute atomic E-state index is 0.0968. The van der Waals surface area contributed by atoms with Crippen LogP contribution in [0.15, 0.2) is 24.3 Å². The van der Waals surface area contributed by atoms with E-state index in [0.717, 1.165) is 7.11 Å². The molecule has 0 saturated carbocycles. The third-order valence-electron chi connectivity index (χ3n) is 2.67. The number of halogens is 3. The van der Waals surface area contributed by atoms with Gasteiger partial charge in [0.25, 0.3) is 0 Å². The SMILES string of the molecule is COc1c(C(F)(F)F)nc2ccccc2c1C(C)=O. The number of hydrogen-bond acceptors (Lipinski definition) is 3. The summed E-state index contributed by atoms with van der Waals surface area (Å²) in [7, 11) is 1.09. The van der Waals surface area contributed by atoms with E-state index in [4.69, 9.17) is 4.74 Å². The molecule has 19 heavy (non-hydrogen) atoms. The Hall–Kier alpha value is -2.11. The van der Waals surface area contributed by atoms with Crippen LogP contribution in [-0.2, 0) is 6.18 Å². The number of methoxy groups -OCH3 is 1. The molecule has 0 unspecified atom stereocenters. The smallest absolute Gasteiger partial charge is 0.437 e. The fourth-order valence-electron chi connectivity index (χ4n) is 1.93. The van der Waals surface area contributed by atoms with Crippen molar-refractivity contribution in [1.29, 1.82) is 0 Å². The lowest BCUT2D eigenvalue weighted by atomic mass is 10.0. The molecule has 2 rings (SSSR count). The monoisotopic (exact) mass is 269 g/mol. The molecule has 100 valence electrons. The Morgan fingerprint density at radius 1 is 1.26 bits per heavy atom. The van der Waals surface area contributed by atoms with Gasteiger partial charge in [0.1, 0.15) is 0 Å². The summed E-state index contributed by atoms with van der Waals surface area (Å²) in [6.45, 7) is 1.20. The molecule has 0 fully saturated rings. The second-order valence-corrected chi connectivity index (χ2v) is 3.94. The summed E-state index contributed by atoms with van der Waals surface area (Å²) in [5.41, 5.74) is -1.17. The first-order valence-electron chi connectivity index (χ1n) is 5.41. The van der Waals surface area contributed by atoms with Gasteiger partial charge in [-0.2, -0.15) is 13.2 Å². The van der Waals surface area contributed by atoms with Crippen LogP contribution in [-0.4, -0.2) is 17.9 Å². The van der Waals surface area contributed by atoms with Gasteiger partial charge in [-0.25, -0.2) is 4.98 Å². The topological polar surface area (TPSA) is 39.2 Å². The van der Waals surface area contributed by atoms with E-state index in [1.165, 1.54) is 13.0 Å². The van der Waals surface area contributed by atoms with Crippen molar-refractivity contribution >= 4 is 16.7 Å². The van der Waals surface area contributed by atoms with Crippen molar-refractivity contribution in [1.82, 2.24) is 4.98 Å². The van der Waals surface area contributed by atoms with E-state index in [0.29, 0.717) is 5.39 Å². The normalized spacial score (nSPS) is 11.6. The van der Waals surface area contributed by atoms with Gasteiger partial charge in [-0.1, -0.05) is 18.2 Å². The van der Waals surface area contributed by atoms with Gasteiger partial charge in [-0.3, -0.25) is 4.79 Å². The molecular formula is C13H10F3NO2. The van der Waals surface area contributed by atoms with Crippen LogP contribution in [0.5, 0.6) is 5.75 Å². The number of alkyl halides is 3. The van der Waals surface area contributed by atoms with Gasteiger partial charge < -0.3 is 4.74 Å². The molecule has 0 saturated heterocycles. The molecule has 3 nitrogen and oxygen atoms in total. The summed E-state index contributed by atoms with van der Waals surface area (Å²) in [4.78, 5) is 15.2. The lowest BCUT2D eigenvalue weighted by Crippen LogP contribution is -2.14. The van der Waals surface area contributed by atoms with E-state index in [1.807, 2.05) is 0 Å². The van der Waals surface area contributed by atoms with E-state index in [1.54, 1.807) is 18.2 Å². The largest absolute Gasteiger partial charge is 0.494 e. The lowest BCUT2D eigenvalue weighted by Gasteiger charge is -2.15. The van der Waals surface area contributed by atoms with Gasteiger partial charge in [0.05, 0.1) is 18.2 Å². The van der Waals surface area contributed by atoms with Gasteiger partial charge in [-0.15, -0.1) is 0 Å². The van der Waals surface area contributed by atoms with Crippen LogP contribution in [0.25, 0.3) is 10.9 Å². The number of para-hydroxylation sites is 1. The van der Waals surface area contributed by atoms with Crippen molar-refractivity contribution in [2.75, 3.05) is 7.11 Å². The average Bonchev–Trinajstić information content (AvgIpc) is 2.34. The quantitative estimate of drug-likeness (QED) is 0.784. The average molecular weight is 269 g/mol.